The molecule has 3 aromatic rings. The number of benzene rings is 2. The molecule has 4 aliphatic rings. The standard InChI is InChI=1S/C38H33Cl2F3N4O9/c1-55-26-12-17(13-27(56-2)31(26)50)30-21-9-10-22-29(35(53)46(33(22)51)11-3-4-28(48)49)23(21)15-24-34(52)47(36(54)37(24,30)18-5-7-20(39)8-6-18)45-32-25(40)14-19(16-44-32)38(41,42)43/h5-9,12-14,16,22-24,29-30,50H,3-4,10-11,15H2,1-2H3,(H,44,45)(H,48,49)/t22-,23+,24-,29-,30-,37+/m0/s1. The van der Waals surface area contributed by atoms with Gasteiger partial charge in [-0.3, -0.25) is 34.3 Å². The van der Waals surface area contributed by atoms with E-state index in [0.29, 0.717) is 39.0 Å². The molecule has 3 fully saturated rings. The van der Waals surface area contributed by atoms with E-state index in [1.165, 1.54) is 38.5 Å². The van der Waals surface area contributed by atoms with Crippen molar-refractivity contribution in [1.82, 2.24) is 14.9 Å². The van der Waals surface area contributed by atoms with Gasteiger partial charge in [-0.1, -0.05) is 47.0 Å². The van der Waals surface area contributed by atoms with Crippen molar-refractivity contribution in [2.45, 2.75) is 43.2 Å². The van der Waals surface area contributed by atoms with Crippen LogP contribution in [0.5, 0.6) is 17.2 Å². The maximum absolute atomic E-state index is 15.3. The molecule has 7 rings (SSSR count). The summed E-state index contributed by atoms with van der Waals surface area (Å²) in [5, 5.41) is 20.6. The summed E-state index contributed by atoms with van der Waals surface area (Å²) in [4.78, 5) is 74.2. The van der Waals surface area contributed by atoms with Crippen molar-refractivity contribution >= 4 is 58.6 Å². The third-order valence-electron chi connectivity index (χ3n) is 11.3. The molecule has 2 aliphatic heterocycles. The number of methoxy groups -OCH3 is 2. The first-order chi connectivity index (χ1) is 26.5. The van der Waals surface area contributed by atoms with Gasteiger partial charge < -0.3 is 19.7 Å². The fourth-order valence-corrected chi connectivity index (χ4v) is 9.25. The van der Waals surface area contributed by atoms with E-state index in [0.717, 1.165) is 4.90 Å². The lowest BCUT2D eigenvalue weighted by Gasteiger charge is -2.50. The Morgan fingerprint density at radius 1 is 1.00 bits per heavy atom. The normalized spacial score (nSPS) is 25.8. The number of fused-ring (bicyclic) bond motifs is 4. The van der Waals surface area contributed by atoms with Crippen LogP contribution in [0.4, 0.5) is 19.0 Å². The summed E-state index contributed by atoms with van der Waals surface area (Å²) in [6, 6.07) is 9.79. The lowest BCUT2D eigenvalue weighted by Crippen LogP contribution is -2.53. The Labute approximate surface area is 326 Å². The second-order valence-electron chi connectivity index (χ2n) is 14.0. The highest BCUT2D eigenvalue weighted by Gasteiger charge is 2.70. The summed E-state index contributed by atoms with van der Waals surface area (Å²) in [5.74, 6) is -9.60. The first-order valence-corrected chi connectivity index (χ1v) is 18.2. The molecule has 0 radical (unpaired) electrons. The first-order valence-electron chi connectivity index (χ1n) is 17.4. The predicted molar refractivity (Wildman–Crippen MR) is 192 cm³/mol. The number of aromatic nitrogens is 1. The fourth-order valence-electron chi connectivity index (χ4n) is 8.91. The number of hydrazine groups is 1. The number of aliphatic carboxylic acids is 1. The number of allylic oxidation sites excluding steroid dienone is 2. The van der Waals surface area contributed by atoms with Gasteiger partial charge in [0.1, 0.15) is 0 Å². The summed E-state index contributed by atoms with van der Waals surface area (Å²) >= 11 is 12.6. The number of nitrogens with zero attached hydrogens (tertiary/aromatic N) is 3. The quantitative estimate of drug-likeness (QED) is 0.162. The summed E-state index contributed by atoms with van der Waals surface area (Å²) in [6.07, 6.45) is -2.78. The number of nitrogens with one attached hydrogen (secondary N) is 1. The number of imide groups is 2. The Morgan fingerprint density at radius 2 is 1.66 bits per heavy atom. The number of carboxylic acids is 1. The van der Waals surface area contributed by atoms with E-state index >= 15 is 4.79 Å². The van der Waals surface area contributed by atoms with Crippen molar-refractivity contribution in [2.24, 2.45) is 23.7 Å². The third-order valence-corrected chi connectivity index (χ3v) is 11.8. The van der Waals surface area contributed by atoms with E-state index in [4.69, 9.17) is 32.7 Å². The number of amides is 4. The molecule has 1 saturated carbocycles. The minimum Gasteiger partial charge on any atom is -0.502 e. The number of alkyl halides is 3. The number of hydrogen-bond acceptors (Lipinski definition) is 10. The Morgan fingerprint density at radius 3 is 2.25 bits per heavy atom. The van der Waals surface area contributed by atoms with E-state index < -0.39 is 87.2 Å². The molecule has 2 saturated heterocycles. The summed E-state index contributed by atoms with van der Waals surface area (Å²) in [5.41, 5.74) is 0.752. The van der Waals surface area contributed by atoms with Crippen LogP contribution in [-0.2, 0) is 35.6 Å². The molecule has 2 aromatic carbocycles. The molecular formula is C38H33Cl2F3N4O9. The average Bonchev–Trinajstić information content (AvgIpc) is 3.52. The monoisotopic (exact) mass is 816 g/mol. The average molecular weight is 818 g/mol. The Kier molecular flexibility index (Phi) is 9.94. The van der Waals surface area contributed by atoms with Gasteiger partial charge in [-0.2, -0.15) is 18.2 Å². The molecule has 3 N–H and O–H groups in total. The molecule has 294 valence electrons. The predicted octanol–water partition coefficient (Wildman–Crippen LogP) is 5.98. The zero-order valence-corrected chi connectivity index (χ0v) is 31.1. The second-order valence-corrected chi connectivity index (χ2v) is 14.9. The minimum atomic E-state index is -4.78. The SMILES string of the molecule is COc1cc([C@H]2C3=CC[C@@H]4C(=O)N(CCCC(=O)O)C(=O)[C@@H]4[C@@H]3C[C@H]3C(=O)N(Nc4ncc(C(F)(F)F)cc4Cl)C(=O)[C@@]23c2ccc(Cl)cc2)cc(OC)c1O. The number of hydrogen-bond donors (Lipinski definition) is 3. The molecule has 18 heteroatoms. The molecule has 0 spiro atoms. The van der Waals surface area contributed by atoms with Crippen LogP contribution in [0.15, 0.2) is 60.3 Å². The smallest absolute Gasteiger partial charge is 0.417 e. The number of likely N-dealkylation sites (tertiary alicyclic amines) is 1. The number of aromatic hydroxyl groups is 1. The molecule has 13 nitrogen and oxygen atoms in total. The highest BCUT2D eigenvalue weighted by molar-refractivity contribution is 6.33. The van der Waals surface area contributed by atoms with E-state index in [9.17, 15) is 42.6 Å². The lowest BCUT2D eigenvalue weighted by molar-refractivity contribution is -0.142. The summed E-state index contributed by atoms with van der Waals surface area (Å²) < 4.78 is 51.4. The van der Waals surface area contributed by atoms with Crippen molar-refractivity contribution in [3.05, 3.63) is 87.0 Å². The Balaban J connectivity index is 1.43. The van der Waals surface area contributed by atoms with Gasteiger partial charge in [0.15, 0.2) is 17.3 Å². The lowest BCUT2D eigenvalue weighted by atomic mass is 9.49. The maximum Gasteiger partial charge on any atom is 0.417 e. The van der Waals surface area contributed by atoms with E-state index in [1.807, 2.05) is 0 Å². The van der Waals surface area contributed by atoms with Gasteiger partial charge in [0.2, 0.25) is 17.6 Å². The first kappa shape index (κ1) is 38.9. The molecule has 0 unspecified atom stereocenters. The van der Waals surface area contributed by atoms with Crippen molar-refractivity contribution in [3.63, 3.8) is 0 Å². The van der Waals surface area contributed by atoms with Gasteiger partial charge in [-0.15, -0.1) is 0 Å². The molecular weight excluding hydrogens is 784 g/mol. The van der Waals surface area contributed by atoms with Crippen LogP contribution < -0.4 is 14.9 Å². The van der Waals surface area contributed by atoms with Crippen molar-refractivity contribution in [2.75, 3.05) is 26.2 Å². The molecule has 0 bridgehead atoms. The largest absolute Gasteiger partial charge is 0.502 e. The third kappa shape index (κ3) is 6.09. The number of phenols is 1. The number of ether oxygens (including phenoxy) is 2. The number of phenolic OH excluding ortho intramolecular Hbond substituents is 1. The molecule has 2 aliphatic carbocycles. The van der Waals surface area contributed by atoms with Crippen LogP contribution >= 0.6 is 23.2 Å². The van der Waals surface area contributed by atoms with Crippen molar-refractivity contribution in [1.29, 1.82) is 0 Å². The van der Waals surface area contributed by atoms with E-state index in [-0.39, 0.29) is 49.5 Å². The van der Waals surface area contributed by atoms with Gasteiger partial charge in [0.25, 0.3) is 11.8 Å². The molecule has 6 atom stereocenters. The minimum absolute atomic E-state index is 0.0311. The molecule has 1 aromatic heterocycles. The maximum atomic E-state index is 15.3. The number of halogens is 5. The summed E-state index contributed by atoms with van der Waals surface area (Å²) in [6.45, 7) is -0.122. The fraction of sp³-hybridized carbons (Fsp3) is 0.368. The van der Waals surface area contributed by atoms with Crippen LogP contribution in [0.1, 0.15) is 48.3 Å². The molecule has 4 amide bonds. The van der Waals surface area contributed by atoms with Crippen LogP contribution in [0, 0.1) is 23.7 Å². The van der Waals surface area contributed by atoms with Gasteiger partial charge in [0.05, 0.1) is 48.0 Å². The highest BCUT2D eigenvalue weighted by Crippen LogP contribution is 2.65. The van der Waals surface area contributed by atoms with Gasteiger partial charge in [-0.05, 0) is 66.6 Å². The number of pyridine rings is 1. The van der Waals surface area contributed by atoms with Crippen LogP contribution in [0.3, 0.4) is 0 Å². The summed E-state index contributed by atoms with van der Waals surface area (Å²) in [7, 11) is 2.62. The van der Waals surface area contributed by atoms with Gasteiger partial charge in [0, 0.05) is 30.1 Å². The number of carboxylic acid groups (broad SMARTS) is 1. The number of carbonyl (C=O) groups excluding carboxylic acids is 4. The molecule has 3 heterocycles. The zero-order chi connectivity index (χ0) is 40.4. The Bertz CT molecular complexity index is 2180. The van der Waals surface area contributed by atoms with Crippen LogP contribution in [0.2, 0.25) is 10.0 Å². The number of carbonyl (C=O) groups is 5. The highest BCUT2D eigenvalue weighted by atomic mass is 35.5. The van der Waals surface area contributed by atoms with E-state index in [1.54, 1.807) is 18.2 Å². The van der Waals surface area contributed by atoms with Crippen molar-refractivity contribution in [3.8, 4) is 17.2 Å². The zero-order valence-electron chi connectivity index (χ0n) is 29.6. The Hall–Kier alpha value is -5.35. The van der Waals surface area contributed by atoms with Gasteiger partial charge >= 0.3 is 12.1 Å². The number of rotatable bonds is 10. The second kappa shape index (κ2) is 14.3. The van der Waals surface area contributed by atoms with Gasteiger partial charge in [-0.25, -0.2) is 4.98 Å². The van der Waals surface area contributed by atoms with E-state index in [2.05, 4.69) is 10.4 Å². The molecule has 56 heavy (non-hydrogen) atoms. The van der Waals surface area contributed by atoms with Crippen molar-refractivity contribution < 1.29 is 56.8 Å². The van der Waals surface area contributed by atoms with Crippen LogP contribution in [0.25, 0.3) is 0 Å². The number of anilines is 1. The topological polar surface area (TPSA) is 176 Å². The van der Waals surface area contributed by atoms with Crippen LogP contribution in [-0.4, -0.2) is 75.5 Å².